The smallest absolute Gasteiger partial charge is 0.212 e. The lowest BCUT2D eigenvalue weighted by atomic mass is 10.2. The fourth-order valence-corrected chi connectivity index (χ4v) is 4.31. The summed E-state index contributed by atoms with van der Waals surface area (Å²) in [7, 11) is -3.22. The van der Waals surface area contributed by atoms with Crippen molar-refractivity contribution in [3.05, 3.63) is 35.9 Å². The van der Waals surface area contributed by atoms with Gasteiger partial charge in [0.1, 0.15) is 0 Å². The number of sulfonamides is 1. The van der Waals surface area contributed by atoms with Gasteiger partial charge in [0.2, 0.25) is 10.0 Å². The number of unbranched alkanes of at least 4 members (excludes halogenated alkanes) is 6. The maximum atomic E-state index is 12.8. The van der Waals surface area contributed by atoms with Crippen molar-refractivity contribution in [1.29, 1.82) is 0 Å². The summed E-state index contributed by atoms with van der Waals surface area (Å²) in [6, 6.07) is 9.51. The molecule has 0 aliphatic rings. The Kier molecular flexibility index (Phi) is 10.2. The molecule has 0 aliphatic heterocycles. The molecule has 0 aromatic heterocycles. The van der Waals surface area contributed by atoms with Crippen LogP contribution in [0.2, 0.25) is 0 Å². The molecule has 0 fully saturated rings. The van der Waals surface area contributed by atoms with Gasteiger partial charge < -0.3 is 0 Å². The van der Waals surface area contributed by atoms with E-state index in [0.717, 1.165) is 31.2 Å². The van der Waals surface area contributed by atoms with Gasteiger partial charge in [0.15, 0.2) is 0 Å². The standard InChI is InChI=1S/C19H33NO2S/c1-3-5-7-12-16-20(17-13-8-6-4-2)23(21,22)18-19-14-10-9-11-15-19/h9-11,14-15H,3-8,12-13,16-18H2,1-2H3. The Labute approximate surface area is 143 Å². The molecule has 1 aromatic carbocycles. The van der Waals surface area contributed by atoms with Gasteiger partial charge in [-0.25, -0.2) is 12.7 Å². The third-order valence-electron chi connectivity index (χ3n) is 4.11. The molecule has 0 saturated heterocycles. The lowest BCUT2D eigenvalue weighted by Crippen LogP contribution is -2.34. The van der Waals surface area contributed by atoms with Crippen molar-refractivity contribution >= 4 is 10.0 Å². The van der Waals surface area contributed by atoms with Crippen molar-refractivity contribution in [2.24, 2.45) is 0 Å². The number of rotatable bonds is 13. The molecular formula is C19H33NO2S. The van der Waals surface area contributed by atoms with Crippen LogP contribution >= 0.6 is 0 Å². The van der Waals surface area contributed by atoms with Gasteiger partial charge in [-0.2, -0.15) is 0 Å². The summed E-state index contributed by atoms with van der Waals surface area (Å²) < 4.78 is 27.2. The van der Waals surface area contributed by atoms with Crippen LogP contribution in [0.25, 0.3) is 0 Å². The molecule has 3 nitrogen and oxygen atoms in total. The average Bonchev–Trinajstić information content (AvgIpc) is 2.53. The normalized spacial score (nSPS) is 12.0. The molecule has 0 aliphatic carbocycles. The summed E-state index contributed by atoms with van der Waals surface area (Å²) in [5, 5.41) is 0. The number of hydrogen-bond donors (Lipinski definition) is 0. The third kappa shape index (κ3) is 8.52. The maximum Gasteiger partial charge on any atom is 0.218 e. The molecule has 0 atom stereocenters. The van der Waals surface area contributed by atoms with Crippen LogP contribution in [0.4, 0.5) is 0 Å². The van der Waals surface area contributed by atoms with Crippen LogP contribution in [0.5, 0.6) is 0 Å². The molecule has 132 valence electrons. The first-order chi connectivity index (χ1) is 11.1. The van der Waals surface area contributed by atoms with E-state index in [1.54, 1.807) is 4.31 Å². The predicted molar refractivity (Wildman–Crippen MR) is 98.9 cm³/mol. The Bertz CT molecular complexity index is 487. The molecule has 0 N–H and O–H groups in total. The highest BCUT2D eigenvalue weighted by Gasteiger charge is 2.21. The van der Waals surface area contributed by atoms with Gasteiger partial charge in [-0.3, -0.25) is 0 Å². The topological polar surface area (TPSA) is 37.4 Å². The fraction of sp³-hybridized carbons (Fsp3) is 0.684. The fourth-order valence-electron chi connectivity index (χ4n) is 2.70. The molecule has 0 amide bonds. The van der Waals surface area contributed by atoms with Gasteiger partial charge in [0, 0.05) is 13.1 Å². The number of nitrogens with zero attached hydrogens (tertiary/aromatic N) is 1. The minimum Gasteiger partial charge on any atom is -0.212 e. The van der Waals surface area contributed by atoms with Crippen LogP contribution in [0, 0.1) is 0 Å². The first kappa shape index (κ1) is 20.2. The maximum absolute atomic E-state index is 12.8. The van der Waals surface area contributed by atoms with E-state index < -0.39 is 10.0 Å². The van der Waals surface area contributed by atoms with E-state index in [1.165, 1.54) is 25.7 Å². The molecule has 0 unspecified atom stereocenters. The van der Waals surface area contributed by atoms with Gasteiger partial charge in [-0.05, 0) is 18.4 Å². The van der Waals surface area contributed by atoms with Gasteiger partial charge in [-0.15, -0.1) is 0 Å². The molecule has 0 bridgehead atoms. The minimum absolute atomic E-state index is 0.120. The minimum atomic E-state index is -3.22. The van der Waals surface area contributed by atoms with Crippen LogP contribution in [-0.2, 0) is 15.8 Å². The summed E-state index contributed by atoms with van der Waals surface area (Å²) in [5.41, 5.74) is 0.875. The van der Waals surface area contributed by atoms with Gasteiger partial charge in [0.25, 0.3) is 0 Å². The Morgan fingerprint density at radius 3 is 1.78 bits per heavy atom. The van der Waals surface area contributed by atoms with Gasteiger partial charge >= 0.3 is 0 Å². The van der Waals surface area contributed by atoms with Crippen molar-refractivity contribution in [3.8, 4) is 0 Å². The molecule has 0 radical (unpaired) electrons. The summed E-state index contributed by atoms with van der Waals surface area (Å²) >= 11 is 0. The van der Waals surface area contributed by atoms with E-state index in [1.807, 2.05) is 30.3 Å². The van der Waals surface area contributed by atoms with E-state index in [2.05, 4.69) is 13.8 Å². The lowest BCUT2D eigenvalue weighted by molar-refractivity contribution is 0.385. The highest BCUT2D eigenvalue weighted by atomic mass is 32.2. The average molecular weight is 340 g/mol. The zero-order valence-electron chi connectivity index (χ0n) is 14.8. The van der Waals surface area contributed by atoms with Crippen LogP contribution < -0.4 is 0 Å². The van der Waals surface area contributed by atoms with E-state index in [0.29, 0.717) is 13.1 Å². The molecule has 0 heterocycles. The van der Waals surface area contributed by atoms with Gasteiger partial charge in [-0.1, -0.05) is 82.7 Å². The zero-order valence-corrected chi connectivity index (χ0v) is 15.7. The van der Waals surface area contributed by atoms with Crippen molar-refractivity contribution in [2.45, 2.75) is 71.0 Å². The van der Waals surface area contributed by atoms with E-state index in [-0.39, 0.29) is 5.75 Å². The van der Waals surface area contributed by atoms with Crippen molar-refractivity contribution in [3.63, 3.8) is 0 Å². The van der Waals surface area contributed by atoms with Crippen LogP contribution in [0.3, 0.4) is 0 Å². The third-order valence-corrected chi connectivity index (χ3v) is 5.96. The van der Waals surface area contributed by atoms with Crippen molar-refractivity contribution in [1.82, 2.24) is 4.31 Å². The van der Waals surface area contributed by atoms with E-state index in [9.17, 15) is 8.42 Å². The number of hydrogen-bond acceptors (Lipinski definition) is 2. The monoisotopic (exact) mass is 339 g/mol. The molecule has 23 heavy (non-hydrogen) atoms. The number of benzene rings is 1. The van der Waals surface area contributed by atoms with Crippen LogP contribution in [-0.4, -0.2) is 25.8 Å². The second kappa shape index (κ2) is 11.6. The second-order valence-corrected chi connectivity index (χ2v) is 8.23. The molecule has 1 rings (SSSR count). The highest BCUT2D eigenvalue weighted by molar-refractivity contribution is 7.88. The quantitative estimate of drug-likeness (QED) is 0.475. The molecule has 0 spiro atoms. The Morgan fingerprint density at radius 2 is 1.30 bits per heavy atom. The molecule has 1 aromatic rings. The van der Waals surface area contributed by atoms with Gasteiger partial charge in [0.05, 0.1) is 5.75 Å². The Hall–Kier alpha value is -0.870. The summed E-state index contributed by atoms with van der Waals surface area (Å²) in [4.78, 5) is 0. The first-order valence-electron chi connectivity index (χ1n) is 9.12. The van der Waals surface area contributed by atoms with E-state index in [4.69, 9.17) is 0 Å². The Balaban J connectivity index is 2.62. The van der Waals surface area contributed by atoms with Crippen LogP contribution in [0.15, 0.2) is 30.3 Å². The summed E-state index contributed by atoms with van der Waals surface area (Å²) in [5.74, 6) is 0.120. The largest absolute Gasteiger partial charge is 0.218 e. The summed E-state index contributed by atoms with van der Waals surface area (Å²) in [6.07, 6.45) is 8.88. The first-order valence-corrected chi connectivity index (χ1v) is 10.7. The Morgan fingerprint density at radius 1 is 0.783 bits per heavy atom. The predicted octanol–water partition coefficient (Wildman–Crippen LogP) is 4.98. The van der Waals surface area contributed by atoms with Crippen LogP contribution in [0.1, 0.15) is 70.8 Å². The molecule has 0 saturated carbocycles. The lowest BCUT2D eigenvalue weighted by Gasteiger charge is -2.22. The molecular weight excluding hydrogens is 306 g/mol. The SMILES string of the molecule is CCCCCCN(CCCCCC)S(=O)(=O)Cc1ccccc1. The van der Waals surface area contributed by atoms with Crippen molar-refractivity contribution < 1.29 is 8.42 Å². The zero-order chi connectivity index (χ0) is 17.0. The summed E-state index contributed by atoms with van der Waals surface area (Å²) in [6.45, 7) is 5.69. The van der Waals surface area contributed by atoms with Crippen molar-refractivity contribution in [2.75, 3.05) is 13.1 Å². The van der Waals surface area contributed by atoms with E-state index >= 15 is 0 Å². The second-order valence-electron chi connectivity index (χ2n) is 6.26. The highest BCUT2D eigenvalue weighted by Crippen LogP contribution is 2.14. The molecule has 4 heteroatoms.